The first-order chi connectivity index (χ1) is 8.08. The predicted molar refractivity (Wildman–Crippen MR) is 73.6 cm³/mol. The molecule has 1 saturated carbocycles. The lowest BCUT2D eigenvalue weighted by Crippen LogP contribution is -2.37. The van der Waals surface area contributed by atoms with Crippen molar-refractivity contribution in [2.75, 3.05) is 0 Å². The maximum Gasteiger partial charge on any atom is 0.251 e. The van der Waals surface area contributed by atoms with E-state index in [4.69, 9.17) is 11.6 Å². The molecule has 0 bridgehead atoms. The van der Waals surface area contributed by atoms with Crippen LogP contribution in [-0.4, -0.2) is 17.3 Å². The van der Waals surface area contributed by atoms with Crippen molar-refractivity contribution in [1.29, 1.82) is 0 Å². The molecule has 2 nitrogen and oxygen atoms in total. The molecule has 0 radical (unpaired) electrons. The molecule has 4 heteroatoms. The summed E-state index contributed by atoms with van der Waals surface area (Å²) >= 11 is 9.58. The van der Waals surface area contributed by atoms with Gasteiger partial charge in [-0.25, -0.2) is 0 Å². The van der Waals surface area contributed by atoms with Crippen LogP contribution < -0.4 is 5.32 Å². The predicted octanol–water partition coefficient (Wildman–Crippen LogP) is 3.65. The fourth-order valence-corrected chi connectivity index (χ4v) is 2.79. The van der Waals surface area contributed by atoms with Gasteiger partial charge in [0, 0.05) is 16.1 Å². The second-order valence-corrected chi connectivity index (χ2v) is 5.91. The summed E-state index contributed by atoms with van der Waals surface area (Å²) in [6.07, 6.45) is 3.06. The zero-order chi connectivity index (χ0) is 12.4. The third kappa shape index (κ3) is 3.02. The van der Waals surface area contributed by atoms with Gasteiger partial charge in [0.15, 0.2) is 0 Å². The lowest BCUT2D eigenvalue weighted by Gasteiger charge is -2.16. The SMILES string of the molecule is Cc1ccc(C(=O)NC2CCCC2Cl)cc1Br. The van der Waals surface area contributed by atoms with E-state index < -0.39 is 0 Å². The summed E-state index contributed by atoms with van der Waals surface area (Å²) in [4.78, 5) is 12.0. The van der Waals surface area contributed by atoms with Crippen LogP contribution in [0, 0.1) is 6.92 Å². The summed E-state index contributed by atoms with van der Waals surface area (Å²) in [5.74, 6) is -0.0387. The first-order valence-corrected chi connectivity index (χ1v) is 7.02. The van der Waals surface area contributed by atoms with Crippen molar-refractivity contribution < 1.29 is 4.79 Å². The number of amides is 1. The number of carbonyl (C=O) groups excluding carboxylic acids is 1. The van der Waals surface area contributed by atoms with Gasteiger partial charge in [0.05, 0.1) is 5.38 Å². The molecular weight excluding hydrogens is 302 g/mol. The summed E-state index contributed by atoms with van der Waals surface area (Å²) < 4.78 is 0.957. The molecule has 1 amide bonds. The molecule has 0 saturated heterocycles. The number of hydrogen-bond acceptors (Lipinski definition) is 1. The number of benzene rings is 1. The molecule has 1 aromatic carbocycles. The summed E-state index contributed by atoms with van der Waals surface area (Å²) in [5, 5.41) is 3.08. The topological polar surface area (TPSA) is 29.1 Å². The van der Waals surface area contributed by atoms with Gasteiger partial charge in [0.25, 0.3) is 5.91 Å². The Labute approximate surface area is 115 Å². The third-order valence-electron chi connectivity index (χ3n) is 3.18. The van der Waals surface area contributed by atoms with E-state index in [1.807, 2.05) is 25.1 Å². The molecule has 17 heavy (non-hydrogen) atoms. The summed E-state index contributed by atoms with van der Waals surface area (Å²) in [6.45, 7) is 2.00. The highest BCUT2D eigenvalue weighted by Crippen LogP contribution is 2.24. The monoisotopic (exact) mass is 315 g/mol. The van der Waals surface area contributed by atoms with Crippen molar-refractivity contribution in [2.45, 2.75) is 37.6 Å². The Morgan fingerprint density at radius 1 is 1.47 bits per heavy atom. The first-order valence-electron chi connectivity index (χ1n) is 5.79. The van der Waals surface area contributed by atoms with Crippen LogP contribution in [0.2, 0.25) is 0 Å². The van der Waals surface area contributed by atoms with Crippen LogP contribution in [-0.2, 0) is 0 Å². The number of halogens is 2. The minimum Gasteiger partial charge on any atom is -0.348 e. The van der Waals surface area contributed by atoms with E-state index in [1.165, 1.54) is 0 Å². The van der Waals surface area contributed by atoms with E-state index in [1.54, 1.807) is 0 Å². The second-order valence-electron chi connectivity index (χ2n) is 4.49. The lowest BCUT2D eigenvalue weighted by molar-refractivity contribution is 0.0938. The van der Waals surface area contributed by atoms with Crippen molar-refractivity contribution in [2.24, 2.45) is 0 Å². The van der Waals surface area contributed by atoms with E-state index in [0.29, 0.717) is 5.56 Å². The number of alkyl halides is 1. The van der Waals surface area contributed by atoms with Crippen LogP contribution in [0.5, 0.6) is 0 Å². The van der Waals surface area contributed by atoms with Crippen LogP contribution in [0.1, 0.15) is 35.2 Å². The third-order valence-corrected chi connectivity index (χ3v) is 4.56. The van der Waals surface area contributed by atoms with Gasteiger partial charge in [-0.2, -0.15) is 0 Å². The van der Waals surface area contributed by atoms with Gasteiger partial charge in [0.1, 0.15) is 0 Å². The largest absolute Gasteiger partial charge is 0.348 e. The van der Waals surface area contributed by atoms with Gasteiger partial charge >= 0.3 is 0 Å². The van der Waals surface area contributed by atoms with Crippen molar-refractivity contribution in [3.63, 3.8) is 0 Å². The van der Waals surface area contributed by atoms with Crippen LogP contribution >= 0.6 is 27.5 Å². The van der Waals surface area contributed by atoms with E-state index in [-0.39, 0.29) is 17.3 Å². The highest BCUT2D eigenvalue weighted by atomic mass is 79.9. The number of rotatable bonds is 2. The van der Waals surface area contributed by atoms with Crippen molar-refractivity contribution in [3.05, 3.63) is 33.8 Å². The van der Waals surface area contributed by atoms with E-state index >= 15 is 0 Å². The molecule has 1 aliphatic carbocycles. The molecule has 0 heterocycles. The average Bonchev–Trinajstić information content (AvgIpc) is 2.68. The van der Waals surface area contributed by atoms with Gasteiger partial charge in [0.2, 0.25) is 0 Å². The van der Waals surface area contributed by atoms with Gasteiger partial charge < -0.3 is 5.32 Å². The Bertz CT molecular complexity index is 435. The van der Waals surface area contributed by atoms with Crippen LogP contribution in [0.25, 0.3) is 0 Å². The average molecular weight is 317 g/mol. The second kappa shape index (κ2) is 5.40. The molecule has 2 unspecified atom stereocenters. The van der Waals surface area contributed by atoms with E-state index in [9.17, 15) is 4.79 Å². The quantitative estimate of drug-likeness (QED) is 0.829. The van der Waals surface area contributed by atoms with Gasteiger partial charge in [-0.3, -0.25) is 4.79 Å². The van der Waals surface area contributed by atoms with Crippen molar-refractivity contribution in [1.82, 2.24) is 5.32 Å². The van der Waals surface area contributed by atoms with Gasteiger partial charge in [-0.05, 0) is 43.9 Å². The Hall–Kier alpha value is -0.540. The van der Waals surface area contributed by atoms with Crippen LogP contribution in [0.15, 0.2) is 22.7 Å². The lowest BCUT2D eigenvalue weighted by atomic mass is 10.1. The fraction of sp³-hybridized carbons (Fsp3) is 0.462. The van der Waals surface area contributed by atoms with Gasteiger partial charge in [-0.1, -0.05) is 22.0 Å². The molecule has 2 rings (SSSR count). The van der Waals surface area contributed by atoms with Crippen LogP contribution in [0.4, 0.5) is 0 Å². The van der Waals surface area contributed by atoms with Gasteiger partial charge in [-0.15, -0.1) is 11.6 Å². The van der Waals surface area contributed by atoms with Crippen molar-refractivity contribution >= 4 is 33.4 Å². The minimum absolute atomic E-state index is 0.0387. The van der Waals surface area contributed by atoms with E-state index in [2.05, 4.69) is 21.2 Å². The summed E-state index contributed by atoms with van der Waals surface area (Å²) in [6, 6.07) is 5.74. The molecule has 1 fully saturated rings. The Morgan fingerprint density at radius 3 is 2.82 bits per heavy atom. The Kier molecular flexibility index (Phi) is 4.10. The molecule has 0 aromatic heterocycles. The highest BCUT2D eigenvalue weighted by Gasteiger charge is 2.26. The molecule has 1 N–H and O–H groups in total. The normalized spacial score (nSPS) is 23.7. The summed E-state index contributed by atoms with van der Waals surface area (Å²) in [5.41, 5.74) is 1.80. The maximum atomic E-state index is 12.0. The number of aryl methyl sites for hydroxylation is 1. The molecule has 0 spiro atoms. The Balaban J connectivity index is 2.06. The maximum absolute atomic E-state index is 12.0. The zero-order valence-corrected chi connectivity index (χ0v) is 12.0. The summed E-state index contributed by atoms with van der Waals surface area (Å²) in [7, 11) is 0. The van der Waals surface area contributed by atoms with Crippen molar-refractivity contribution in [3.8, 4) is 0 Å². The van der Waals surface area contributed by atoms with E-state index in [0.717, 1.165) is 29.3 Å². The Morgan fingerprint density at radius 2 is 2.24 bits per heavy atom. The van der Waals surface area contributed by atoms with Crippen LogP contribution in [0.3, 0.4) is 0 Å². The minimum atomic E-state index is -0.0387. The smallest absolute Gasteiger partial charge is 0.251 e. The zero-order valence-electron chi connectivity index (χ0n) is 9.67. The highest BCUT2D eigenvalue weighted by molar-refractivity contribution is 9.10. The molecule has 0 aliphatic heterocycles. The fourth-order valence-electron chi connectivity index (χ4n) is 2.06. The number of carbonyl (C=O) groups is 1. The molecule has 1 aliphatic rings. The molecular formula is C13H15BrClNO. The molecule has 1 aromatic rings. The molecule has 2 atom stereocenters. The number of nitrogens with one attached hydrogen (secondary N) is 1. The number of hydrogen-bond donors (Lipinski definition) is 1. The molecule has 92 valence electrons. The first kappa shape index (κ1) is 12.9. The standard InChI is InChI=1S/C13H15BrClNO/c1-8-5-6-9(7-10(8)14)13(17)16-12-4-2-3-11(12)15/h5-7,11-12H,2-4H2,1H3,(H,16,17).